The number of hydrogen-bond donors (Lipinski definition) is 1. The Labute approximate surface area is 151 Å². The predicted molar refractivity (Wildman–Crippen MR) is 99.7 cm³/mol. The molecule has 4 nitrogen and oxygen atoms in total. The molecule has 1 aliphatic rings. The van der Waals surface area contributed by atoms with Crippen LogP contribution in [0.4, 0.5) is 0 Å². The SMILES string of the molecule is CCCCc1ccc(C(=O)CCC(=O)N2CCCC2CN)cc1.Cl. The summed E-state index contributed by atoms with van der Waals surface area (Å²) in [6, 6.07) is 7.98. The zero-order chi connectivity index (χ0) is 16.7. The maximum Gasteiger partial charge on any atom is 0.223 e. The molecule has 1 aromatic rings. The summed E-state index contributed by atoms with van der Waals surface area (Å²) in [4.78, 5) is 26.3. The number of hydrogen-bond acceptors (Lipinski definition) is 3. The molecular formula is C19H29ClN2O2. The fourth-order valence-electron chi connectivity index (χ4n) is 3.16. The van der Waals surface area contributed by atoms with Crippen molar-refractivity contribution in [2.75, 3.05) is 13.1 Å². The van der Waals surface area contributed by atoms with Gasteiger partial charge in [-0.05, 0) is 31.2 Å². The van der Waals surface area contributed by atoms with Crippen LogP contribution in [0.1, 0.15) is 61.4 Å². The molecule has 134 valence electrons. The number of ketones is 1. The summed E-state index contributed by atoms with van der Waals surface area (Å²) in [5.74, 6) is 0.106. The maximum absolute atomic E-state index is 12.2. The Bertz CT molecular complexity index is 531. The van der Waals surface area contributed by atoms with Crippen LogP contribution in [-0.2, 0) is 11.2 Å². The Morgan fingerprint density at radius 2 is 1.92 bits per heavy atom. The second kappa shape index (κ2) is 10.5. The first-order valence-corrected chi connectivity index (χ1v) is 8.77. The fourth-order valence-corrected chi connectivity index (χ4v) is 3.16. The number of nitrogens with zero attached hydrogens (tertiary/aromatic N) is 1. The van der Waals surface area contributed by atoms with Crippen LogP contribution in [0.3, 0.4) is 0 Å². The van der Waals surface area contributed by atoms with E-state index < -0.39 is 0 Å². The second-order valence-corrected chi connectivity index (χ2v) is 6.34. The van der Waals surface area contributed by atoms with Crippen molar-refractivity contribution >= 4 is 24.1 Å². The third kappa shape index (κ3) is 5.60. The van der Waals surface area contributed by atoms with Gasteiger partial charge in [0, 0.05) is 37.5 Å². The minimum Gasteiger partial charge on any atom is -0.338 e. The van der Waals surface area contributed by atoms with E-state index in [1.807, 2.05) is 29.2 Å². The number of nitrogens with two attached hydrogens (primary N) is 1. The molecule has 0 spiro atoms. The van der Waals surface area contributed by atoms with Gasteiger partial charge in [-0.1, -0.05) is 37.6 Å². The number of likely N-dealkylation sites (tertiary alicyclic amines) is 1. The Balaban J connectivity index is 0.00000288. The Hall–Kier alpha value is -1.39. The fraction of sp³-hybridized carbons (Fsp3) is 0.579. The van der Waals surface area contributed by atoms with E-state index in [-0.39, 0.29) is 43.0 Å². The van der Waals surface area contributed by atoms with E-state index in [1.165, 1.54) is 18.4 Å². The van der Waals surface area contributed by atoms with Crippen molar-refractivity contribution < 1.29 is 9.59 Å². The zero-order valence-corrected chi connectivity index (χ0v) is 15.3. The predicted octanol–water partition coefficient (Wildman–Crippen LogP) is 3.36. The molecule has 0 saturated carbocycles. The van der Waals surface area contributed by atoms with Gasteiger partial charge in [-0.3, -0.25) is 9.59 Å². The molecule has 1 amide bonds. The summed E-state index contributed by atoms with van der Waals surface area (Å²) in [6.45, 7) is 3.46. The molecule has 1 heterocycles. The highest BCUT2D eigenvalue weighted by atomic mass is 35.5. The van der Waals surface area contributed by atoms with Gasteiger partial charge in [0.1, 0.15) is 0 Å². The summed E-state index contributed by atoms with van der Waals surface area (Å²) in [5.41, 5.74) is 7.67. The van der Waals surface area contributed by atoms with Gasteiger partial charge in [0.05, 0.1) is 0 Å². The minimum atomic E-state index is 0. The standard InChI is InChI=1S/C19H28N2O2.ClH/c1-2-3-5-15-7-9-16(10-8-15)18(22)11-12-19(23)21-13-4-6-17(21)14-20;/h7-10,17H,2-6,11-14,20H2,1H3;1H. The normalized spacial score (nSPS) is 16.8. The van der Waals surface area contributed by atoms with E-state index in [0.29, 0.717) is 12.1 Å². The molecule has 0 aliphatic carbocycles. The topological polar surface area (TPSA) is 63.4 Å². The van der Waals surface area contributed by atoms with Crippen molar-refractivity contribution in [2.45, 2.75) is 57.9 Å². The number of aryl methyl sites for hydroxylation is 1. The van der Waals surface area contributed by atoms with Crippen LogP contribution in [0.5, 0.6) is 0 Å². The van der Waals surface area contributed by atoms with E-state index in [0.717, 1.165) is 25.8 Å². The summed E-state index contributed by atoms with van der Waals surface area (Å²) < 4.78 is 0. The highest BCUT2D eigenvalue weighted by Crippen LogP contribution is 2.18. The second-order valence-electron chi connectivity index (χ2n) is 6.34. The summed E-state index contributed by atoms with van der Waals surface area (Å²) in [7, 11) is 0. The number of benzene rings is 1. The van der Waals surface area contributed by atoms with Gasteiger partial charge in [0.25, 0.3) is 0 Å². The molecule has 0 bridgehead atoms. The monoisotopic (exact) mass is 352 g/mol. The highest BCUT2D eigenvalue weighted by molar-refractivity contribution is 5.98. The van der Waals surface area contributed by atoms with Gasteiger partial charge in [-0.2, -0.15) is 0 Å². The molecule has 2 rings (SSSR count). The van der Waals surface area contributed by atoms with E-state index in [9.17, 15) is 9.59 Å². The van der Waals surface area contributed by atoms with Crippen LogP contribution in [0.15, 0.2) is 24.3 Å². The Morgan fingerprint density at radius 3 is 2.54 bits per heavy atom. The first kappa shape index (κ1) is 20.7. The van der Waals surface area contributed by atoms with Crippen molar-refractivity contribution in [2.24, 2.45) is 5.73 Å². The molecule has 2 N–H and O–H groups in total. The van der Waals surface area contributed by atoms with Crippen LogP contribution in [0.25, 0.3) is 0 Å². The van der Waals surface area contributed by atoms with Gasteiger partial charge in [-0.15, -0.1) is 12.4 Å². The van der Waals surface area contributed by atoms with Gasteiger partial charge in [-0.25, -0.2) is 0 Å². The molecule has 1 aromatic carbocycles. The lowest BCUT2D eigenvalue weighted by Gasteiger charge is -2.23. The molecule has 1 unspecified atom stereocenters. The van der Waals surface area contributed by atoms with Crippen molar-refractivity contribution in [3.8, 4) is 0 Å². The van der Waals surface area contributed by atoms with Crippen LogP contribution in [-0.4, -0.2) is 35.7 Å². The van der Waals surface area contributed by atoms with Crippen molar-refractivity contribution in [3.63, 3.8) is 0 Å². The van der Waals surface area contributed by atoms with E-state index in [2.05, 4.69) is 6.92 Å². The van der Waals surface area contributed by atoms with E-state index in [1.54, 1.807) is 0 Å². The molecule has 5 heteroatoms. The third-order valence-electron chi connectivity index (χ3n) is 4.63. The number of carbonyl (C=O) groups excluding carboxylic acids is 2. The lowest BCUT2D eigenvalue weighted by molar-refractivity contribution is -0.131. The largest absolute Gasteiger partial charge is 0.338 e. The average molecular weight is 353 g/mol. The van der Waals surface area contributed by atoms with E-state index >= 15 is 0 Å². The minimum absolute atomic E-state index is 0. The molecule has 0 aromatic heterocycles. The van der Waals surface area contributed by atoms with Gasteiger partial charge in [0.2, 0.25) is 5.91 Å². The smallest absolute Gasteiger partial charge is 0.223 e. The number of rotatable bonds is 8. The molecule has 24 heavy (non-hydrogen) atoms. The summed E-state index contributed by atoms with van der Waals surface area (Å²) >= 11 is 0. The van der Waals surface area contributed by atoms with Crippen molar-refractivity contribution in [1.82, 2.24) is 4.90 Å². The van der Waals surface area contributed by atoms with Crippen LogP contribution >= 0.6 is 12.4 Å². The molecule has 1 fully saturated rings. The number of amides is 1. The van der Waals surface area contributed by atoms with Crippen LogP contribution in [0, 0.1) is 0 Å². The Morgan fingerprint density at radius 1 is 1.21 bits per heavy atom. The quantitative estimate of drug-likeness (QED) is 0.729. The maximum atomic E-state index is 12.2. The highest BCUT2D eigenvalue weighted by Gasteiger charge is 2.27. The van der Waals surface area contributed by atoms with Gasteiger partial charge in [0.15, 0.2) is 5.78 Å². The lowest BCUT2D eigenvalue weighted by Crippen LogP contribution is -2.39. The lowest BCUT2D eigenvalue weighted by atomic mass is 10.0. The number of carbonyl (C=O) groups is 2. The van der Waals surface area contributed by atoms with Crippen molar-refractivity contribution in [3.05, 3.63) is 35.4 Å². The summed E-state index contributed by atoms with van der Waals surface area (Å²) in [5, 5.41) is 0. The molecule has 1 atom stereocenters. The molecule has 0 radical (unpaired) electrons. The van der Waals surface area contributed by atoms with Crippen LogP contribution < -0.4 is 5.73 Å². The third-order valence-corrected chi connectivity index (χ3v) is 4.63. The molecule has 1 aliphatic heterocycles. The number of unbranched alkanes of at least 4 members (excludes halogenated alkanes) is 1. The first-order chi connectivity index (χ1) is 11.2. The number of halogens is 1. The van der Waals surface area contributed by atoms with E-state index in [4.69, 9.17) is 5.73 Å². The molecular weight excluding hydrogens is 324 g/mol. The van der Waals surface area contributed by atoms with Gasteiger partial charge < -0.3 is 10.6 Å². The zero-order valence-electron chi connectivity index (χ0n) is 14.5. The number of Topliss-reactive ketones (excluding diaryl/α,β-unsaturated/α-hetero) is 1. The average Bonchev–Trinajstić information content (AvgIpc) is 3.06. The first-order valence-electron chi connectivity index (χ1n) is 8.77. The van der Waals surface area contributed by atoms with Crippen LogP contribution in [0.2, 0.25) is 0 Å². The molecule has 1 saturated heterocycles. The Kier molecular flexibility index (Phi) is 9.01. The van der Waals surface area contributed by atoms with Crippen molar-refractivity contribution in [1.29, 1.82) is 0 Å². The summed E-state index contributed by atoms with van der Waals surface area (Å²) in [6.07, 6.45) is 5.95. The van der Waals surface area contributed by atoms with Gasteiger partial charge >= 0.3 is 0 Å².